The molecule has 2 heteroatoms. The molecule has 2 nitrogen and oxygen atoms in total. The summed E-state index contributed by atoms with van der Waals surface area (Å²) in [6.07, 6.45) is 14.9. The highest BCUT2D eigenvalue weighted by atomic mass is 16.4. The van der Waals surface area contributed by atoms with Crippen LogP contribution in [0.15, 0.2) is 0 Å². The van der Waals surface area contributed by atoms with E-state index in [-0.39, 0.29) is 0 Å². The van der Waals surface area contributed by atoms with Crippen LogP contribution in [-0.4, -0.2) is 11.1 Å². The van der Waals surface area contributed by atoms with Crippen molar-refractivity contribution in [1.29, 1.82) is 0 Å². The lowest BCUT2D eigenvalue weighted by molar-refractivity contribution is -0.137. The summed E-state index contributed by atoms with van der Waals surface area (Å²) in [5.74, 6) is 0.383. The van der Waals surface area contributed by atoms with Gasteiger partial charge in [-0.2, -0.15) is 0 Å². The SMILES string of the molecule is O=C(O)CCCCCCCCC1CCCC1. The smallest absolute Gasteiger partial charge is 0.303 e. The summed E-state index contributed by atoms with van der Waals surface area (Å²) in [6.45, 7) is 0. The molecule has 0 unspecified atom stereocenters. The third kappa shape index (κ3) is 6.86. The molecule has 0 aromatic heterocycles. The van der Waals surface area contributed by atoms with Gasteiger partial charge in [0.2, 0.25) is 0 Å². The van der Waals surface area contributed by atoms with Gasteiger partial charge in [0.15, 0.2) is 0 Å². The van der Waals surface area contributed by atoms with E-state index in [1.807, 2.05) is 0 Å². The van der Waals surface area contributed by atoms with Crippen molar-refractivity contribution in [1.82, 2.24) is 0 Å². The van der Waals surface area contributed by atoms with Crippen LogP contribution in [0, 0.1) is 5.92 Å². The summed E-state index contributed by atoms with van der Waals surface area (Å²) in [4.78, 5) is 10.3. The minimum absolute atomic E-state index is 0.349. The number of hydrogen-bond donors (Lipinski definition) is 1. The summed E-state index contributed by atoms with van der Waals surface area (Å²) in [7, 11) is 0. The number of carbonyl (C=O) groups is 1. The zero-order chi connectivity index (χ0) is 11.6. The molecule has 0 amide bonds. The van der Waals surface area contributed by atoms with Gasteiger partial charge in [-0.05, 0) is 12.3 Å². The quantitative estimate of drug-likeness (QED) is 0.592. The Kier molecular flexibility index (Phi) is 7.28. The number of carboxylic acids is 1. The molecule has 0 spiro atoms. The van der Waals surface area contributed by atoms with Crippen LogP contribution in [0.1, 0.15) is 77.0 Å². The average molecular weight is 226 g/mol. The molecule has 0 aromatic rings. The van der Waals surface area contributed by atoms with Gasteiger partial charge >= 0.3 is 5.97 Å². The lowest BCUT2D eigenvalue weighted by atomic mass is 9.99. The Bertz CT molecular complexity index is 183. The third-order valence-corrected chi connectivity index (χ3v) is 3.73. The number of carboxylic acid groups (broad SMARTS) is 1. The van der Waals surface area contributed by atoms with Gasteiger partial charge in [-0.1, -0.05) is 64.2 Å². The van der Waals surface area contributed by atoms with Crippen LogP contribution in [0.3, 0.4) is 0 Å². The van der Waals surface area contributed by atoms with Gasteiger partial charge < -0.3 is 5.11 Å². The lowest BCUT2D eigenvalue weighted by Gasteiger charge is -2.07. The van der Waals surface area contributed by atoms with Gasteiger partial charge in [0.1, 0.15) is 0 Å². The first-order valence-corrected chi connectivity index (χ1v) is 7.01. The summed E-state index contributed by atoms with van der Waals surface area (Å²) >= 11 is 0. The first-order valence-electron chi connectivity index (χ1n) is 7.01. The molecule has 0 radical (unpaired) electrons. The van der Waals surface area contributed by atoms with Crippen LogP contribution in [0.2, 0.25) is 0 Å². The predicted octanol–water partition coefficient (Wildman–Crippen LogP) is 4.38. The molecule has 94 valence electrons. The number of rotatable bonds is 9. The fourth-order valence-corrected chi connectivity index (χ4v) is 2.72. The minimum atomic E-state index is -0.652. The van der Waals surface area contributed by atoms with E-state index < -0.39 is 5.97 Å². The van der Waals surface area contributed by atoms with E-state index in [2.05, 4.69) is 0 Å². The molecule has 1 aliphatic carbocycles. The van der Waals surface area contributed by atoms with Crippen molar-refractivity contribution in [3.05, 3.63) is 0 Å². The molecule has 0 atom stereocenters. The molecule has 1 saturated carbocycles. The van der Waals surface area contributed by atoms with E-state index in [1.165, 1.54) is 57.8 Å². The topological polar surface area (TPSA) is 37.3 Å². The maximum Gasteiger partial charge on any atom is 0.303 e. The Morgan fingerprint density at radius 3 is 2.12 bits per heavy atom. The summed E-state index contributed by atoms with van der Waals surface area (Å²) in [5, 5.41) is 8.48. The maximum absolute atomic E-state index is 10.3. The molecule has 1 N–H and O–H groups in total. The number of aliphatic carboxylic acids is 1. The van der Waals surface area contributed by atoms with Crippen LogP contribution < -0.4 is 0 Å². The van der Waals surface area contributed by atoms with Gasteiger partial charge in [-0.25, -0.2) is 0 Å². The van der Waals surface area contributed by atoms with Crippen molar-refractivity contribution in [2.75, 3.05) is 0 Å². The lowest BCUT2D eigenvalue weighted by Crippen LogP contribution is -1.94. The highest BCUT2D eigenvalue weighted by Crippen LogP contribution is 2.29. The second-order valence-corrected chi connectivity index (χ2v) is 5.20. The number of hydrogen-bond acceptors (Lipinski definition) is 1. The highest BCUT2D eigenvalue weighted by Gasteiger charge is 2.13. The molecule has 1 fully saturated rings. The fraction of sp³-hybridized carbons (Fsp3) is 0.929. The van der Waals surface area contributed by atoms with E-state index in [0.29, 0.717) is 6.42 Å². The molecule has 1 rings (SSSR count). The summed E-state index contributed by atoms with van der Waals surface area (Å²) in [6, 6.07) is 0. The Morgan fingerprint density at radius 2 is 1.50 bits per heavy atom. The second kappa shape index (κ2) is 8.60. The summed E-state index contributed by atoms with van der Waals surface area (Å²) < 4.78 is 0. The zero-order valence-electron chi connectivity index (χ0n) is 10.4. The molecule has 0 bridgehead atoms. The van der Waals surface area contributed by atoms with Gasteiger partial charge in [0.05, 0.1) is 0 Å². The van der Waals surface area contributed by atoms with E-state index >= 15 is 0 Å². The van der Waals surface area contributed by atoms with Crippen LogP contribution in [0.25, 0.3) is 0 Å². The molecule has 16 heavy (non-hydrogen) atoms. The molecular formula is C14H26O2. The van der Waals surface area contributed by atoms with E-state index in [0.717, 1.165) is 18.8 Å². The Labute approximate surface area is 99.4 Å². The van der Waals surface area contributed by atoms with Crippen molar-refractivity contribution >= 4 is 5.97 Å². The first-order chi connectivity index (χ1) is 7.79. The third-order valence-electron chi connectivity index (χ3n) is 3.73. The normalized spacial score (nSPS) is 16.8. The average Bonchev–Trinajstić information content (AvgIpc) is 2.74. The van der Waals surface area contributed by atoms with Crippen molar-refractivity contribution in [2.24, 2.45) is 5.92 Å². The Hall–Kier alpha value is -0.530. The van der Waals surface area contributed by atoms with E-state index in [4.69, 9.17) is 5.11 Å². The van der Waals surface area contributed by atoms with Crippen molar-refractivity contribution < 1.29 is 9.90 Å². The maximum atomic E-state index is 10.3. The Balaban J connectivity index is 1.76. The molecular weight excluding hydrogens is 200 g/mol. The summed E-state index contributed by atoms with van der Waals surface area (Å²) in [5.41, 5.74) is 0. The molecule has 1 aliphatic rings. The van der Waals surface area contributed by atoms with Crippen LogP contribution >= 0.6 is 0 Å². The molecule has 0 aromatic carbocycles. The highest BCUT2D eigenvalue weighted by molar-refractivity contribution is 5.66. The van der Waals surface area contributed by atoms with Crippen molar-refractivity contribution in [3.63, 3.8) is 0 Å². The molecule has 0 heterocycles. The zero-order valence-corrected chi connectivity index (χ0v) is 10.4. The van der Waals surface area contributed by atoms with Crippen molar-refractivity contribution in [2.45, 2.75) is 77.0 Å². The van der Waals surface area contributed by atoms with E-state index in [1.54, 1.807) is 0 Å². The van der Waals surface area contributed by atoms with Crippen LogP contribution in [-0.2, 0) is 4.79 Å². The largest absolute Gasteiger partial charge is 0.481 e. The van der Waals surface area contributed by atoms with Gasteiger partial charge in [-0.3, -0.25) is 4.79 Å². The van der Waals surface area contributed by atoms with Gasteiger partial charge in [0, 0.05) is 6.42 Å². The standard InChI is InChI=1S/C14H26O2/c15-14(16)12-6-4-2-1-3-5-9-13-10-7-8-11-13/h13H,1-12H2,(H,15,16). The second-order valence-electron chi connectivity index (χ2n) is 5.20. The monoisotopic (exact) mass is 226 g/mol. The van der Waals surface area contributed by atoms with Gasteiger partial charge in [0.25, 0.3) is 0 Å². The predicted molar refractivity (Wildman–Crippen MR) is 66.5 cm³/mol. The molecule has 0 aliphatic heterocycles. The fourth-order valence-electron chi connectivity index (χ4n) is 2.72. The first kappa shape index (κ1) is 13.5. The Morgan fingerprint density at radius 1 is 0.938 bits per heavy atom. The van der Waals surface area contributed by atoms with Crippen LogP contribution in [0.4, 0.5) is 0 Å². The van der Waals surface area contributed by atoms with Crippen molar-refractivity contribution in [3.8, 4) is 0 Å². The van der Waals surface area contributed by atoms with E-state index in [9.17, 15) is 4.79 Å². The minimum Gasteiger partial charge on any atom is -0.481 e. The number of unbranched alkanes of at least 4 members (excludes halogenated alkanes) is 5. The van der Waals surface area contributed by atoms with Gasteiger partial charge in [-0.15, -0.1) is 0 Å². The van der Waals surface area contributed by atoms with Crippen LogP contribution in [0.5, 0.6) is 0 Å². The molecule has 0 saturated heterocycles.